The molecular weight excluding hydrogens is 255 g/mol. The minimum atomic E-state index is -1.30. The van der Waals surface area contributed by atoms with Gasteiger partial charge in [0, 0.05) is 30.2 Å². The molecule has 1 unspecified atom stereocenters. The van der Waals surface area contributed by atoms with Crippen molar-refractivity contribution in [2.75, 3.05) is 28.7 Å². The molecule has 0 spiro atoms. The summed E-state index contributed by atoms with van der Waals surface area (Å²) in [4.78, 5) is 12.8. The molecule has 0 aromatic heterocycles. The summed E-state index contributed by atoms with van der Waals surface area (Å²) in [7, 11) is 0. The van der Waals surface area contributed by atoms with Crippen LogP contribution in [-0.2, 0) is 0 Å². The Morgan fingerprint density at radius 2 is 2.33 bits per heavy atom. The van der Waals surface area contributed by atoms with E-state index < -0.39 is 11.8 Å². The molecule has 1 aromatic carbocycles. The zero-order valence-electron chi connectivity index (χ0n) is 10.0. The molecule has 1 atom stereocenters. The Hall–Kier alpha value is -1.43. The lowest BCUT2D eigenvalue weighted by Gasteiger charge is -2.35. The molecule has 1 heterocycles. The highest BCUT2D eigenvalue weighted by molar-refractivity contribution is 7.99. The fourth-order valence-electron chi connectivity index (χ4n) is 2.08. The monoisotopic (exact) mass is 270 g/mol. The maximum absolute atomic E-state index is 13.7. The maximum Gasteiger partial charge on any atom is 0.338 e. The number of nitrogens with zero attached hydrogens (tertiary/aromatic N) is 1. The molecule has 0 saturated carbocycles. The molecule has 98 valence electrons. The Morgan fingerprint density at radius 3 is 2.94 bits per heavy atom. The number of carbonyl (C=O) groups is 1. The molecule has 0 aliphatic carbocycles. The number of carboxylic acid groups (broad SMARTS) is 1. The van der Waals surface area contributed by atoms with E-state index in [-0.39, 0.29) is 11.6 Å². The van der Waals surface area contributed by atoms with Crippen LogP contribution >= 0.6 is 11.8 Å². The number of halogens is 1. The Labute approximate surface area is 109 Å². The molecule has 1 aliphatic rings. The van der Waals surface area contributed by atoms with Crippen LogP contribution in [0.5, 0.6) is 0 Å². The van der Waals surface area contributed by atoms with Crippen LogP contribution in [0.3, 0.4) is 0 Å². The van der Waals surface area contributed by atoms with Crippen LogP contribution in [0.15, 0.2) is 12.1 Å². The van der Waals surface area contributed by atoms with Gasteiger partial charge < -0.3 is 15.7 Å². The van der Waals surface area contributed by atoms with Gasteiger partial charge in [0.2, 0.25) is 0 Å². The molecule has 1 fully saturated rings. The summed E-state index contributed by atoms with van der Waals surface area (Å²) < 4.78 is 13.7. The number of rotatable bonds is 2. The number of nitrogens with two attached hydrogens (primary N) is 1. The van der Waals surface area contributed by atoms with E-state index in [0.29, 0.717) is 11.4 Å². The molecule has 1 aromatic rings. The number of carboxylic acids is 1. The van der Waals surface area contributed by atoms with Crippen molar-refractivity contribution in [1.82, 2.24) is 0 Å². The molecule has 0 amide bonds. The molecular formula is C12H15FN2O2S. The number of hydrogen-bond donors (Lipinski definition) is 2. The van der Waals surface area contributed by atoms with Crippen molar-refractivity contribution in [2.24, 2.45) is 0 Å². The molecule has 4 nitrogen and oxygen atoms in total. The quantitative estimate of drug-likeness (QED) is 0.805. The summed E-state index contributed by atoms with van der Waals surface area (Å²) in [5.74, 6) is -0.112. The van der Waals surface area contributed by atoms with Crippen LogP contribution in [0.4, 0.5) is 15.8 Å². The van der Waals surface area contributed by atoms with Crippen LogP contribution in [0.25, 0.3) is 0 Å². The summed E-state index contributed by atoms with van der Waals surface area (Å²) in [6, 6.07) is 2.69. The van der Waals surface area contributed by atoms with Gasteiger partial charge >= 0.3 is 5.97 Å². The molecule has 1 aliphatic heterocycles. The normalized spacial score (nSPS) is 19.9. The third-order valence-corrected chi connectivity index (χ3v) is 4.21. The predicted molar refractivity (Wildman–Crippen MR) is 71.9 cm³/mol. The zero-order chi connectivity index (χ0) is 13.3. The second kappa shape index (κ2) is 5.06. The summed E-state index contributed by atoms with van der Waals surface area (Å²) in [5.41, 5.74) is 6.36. The standard InChI is InChI=1S/C12H15FN2O2S/c1-7-6-18-3-2-15(7)11-5-9(13)8(12(16)17)4-10(11)14/h4-5,7H,2-3,6,14H2,1H3,(H,16,17). The number of thioether (sulfide) groups is 1. The maximum atomic E-state index is 13.7. The highest BCUT2D eigenvalue weighted by Gasteiger charge is 2.23. The molecule has 6 heteroatoms. The lowest BCUT2D eigenvalue weighted by atomic mass is 10.1. The van der Waals surface area contributed by atoms with Crippen molar-refractivity contribution >= 4 is 29.1 Å². The smallest absolute Gasteiger partial charge is 0.338 e. The van der Waals surface area contributed by atoms with E-state index in [0.717, 1.165) is 18.1 Å². The lowest BCUT2D eigenvalue weighted by molar-refractivity contribution is 0.0692. The Kier molecular flexibility index (Phi) is 3.65. The average Bonchev–Trinajstić information content (AvgIpc) is 2.32. The Morgan fingerprint density at radius 1 is 1.61 bits per heavy atom. The average molecular weight is 270 g/mol. The minimum Gasteiger partial charge on any atom is -0.478 e. The Balaban J connectivity index is 2.39. The van der Waals surface area contributed by atoms with E-state index in [1.807, 2.05) is 16.7 Å². The van der Waals surface area contributed by atoms with Crippen molar-refractivity contribution in [1.29, 1.82) is 0 Å². The second-order valence-electron chi connectivity index (χ2n) is 4.31. The lowest BCUT2D eigenvalue weighted by Crippen LogP contribution is -2.40. The van der Waals surface area contributed by atoms with E-state index in [1.165, 1.54) is 12.1 Å². The van der Waals surface area contributed by atoms with Gasteiger partial charge in [0.15, 0.2) is 0 Å². The number of hydrogen-bond acceptors (Lipinski definition) is 4. The third-order valence-electron chi connectivity index (χ3n) is 3.02. The molecule has 18 heavy (non-hydrogen) atoms. The third kappa shape index (κ3) is 2.38. The van der Waals surface area contributed by atoms with Crippen molar-refractivity contribution in [3.63, 3.8) is 0 Å². The highest BCUT2D eigenvalue weighted by atomic mass is 32.2. The van der Waals surface area contributed by atoms with Crippen molar-refractivity contribution < 1.29 is 14.3 Å². The number of nitrogen functional groups attached to an aromatic ring is 1. The molecule has 1 saturated heterocycles. The van der Waals surface area contributed by atoms with Crippen LogP contribution < -0.4 is 10.6 Å². The summed E-state index contributed by atoms with van der Waals surface area (Å²) >= 11 is 1.85. The van der Waals surface area contributed by atoms with E-state index in [2.05, 4.69) is 6.92 Å². The number of anilines is 2. The van der Waals surface area contributed by atoms with Gasteiger partial charge in [0.1, 0.15) is 5.82 Å². The van der Waals surface area contributed by atoms with Gasteiger partial charge in [-0.2, -0.15) is 11.8 Å². The second-order valence-corrected chi connectivity index (χ2v) is 5.46. The summed E-state index contributed by atoms with van der Waals surface area (Å²) in [6.45, 7) is 2.84. The van der Waals surface area contributed by atoms with Gasteiger partial charge in [-0.15, -0.1) is 0 Å². The molecule has 3 N–H and O–H groups in total. The largest absolute Gasteiger partial charge is 0.478 e. The van der Waals surface area contributed by atoms with Crippen LogP contribution in [0.2, 0.25) is 0 Å². The van der Waals surface area contributed by atoms with Crippen molar-refractivity contribution in [2.45, 2.75) is 13.0 Å². The molecule has 0 bridgehead atoms. The fourth-order valence-corrected chi connectivity index (χ4v) is 3.09. The van der Waals surface area contributed by atoms with Crippen molar-refractivity contribution in [3.05, 3.63) is 23.5 Å². The van der Waals surface area contributed by atoms with Crippen LogP contribution in [0.1, 0.15) is 17.3 Å². The van der Waals surface area contributed by atoms with Gasteiger partial charge in [-0.05, 0) is 13.0 Å². The van der Waals surface area contributed by atoms with Gasteiger partial charge in [0.05, 0.1) is 16.9 Å². The van der Waals surface area contributed by atoms with E-state index >= 15 is 0 Å². The first kappa shape index (κ1) is 13.0. The van der Waals surface area contributed by atoms with E-state index in [4.69, 9.17) is 10.8 Å². The topological polar surface area (TPSA) is 66.6 Å². The van der Waals surface area contributed by atoms with Gasteiger partial charge in [0.25, 0.3) is 0 Å². The first-order valence-corrected chi connectivity index (χ1v) is 6.83. The predicted octanol–water partition coefficient (Wildman–Crippen LogP) is 2.05. The zero-order valence-corrected chi connectivity index (χ0v) is 10.8. The van der Waals surface area contributed by atoms with Crippen LogP contribution in [-0.4, -0.2) is 35.2 Å². The highest BCUT2D eigenvalue weighted by Crippen LogP contribution is 2.31. The first-order chi connectivity index (χ1) is 8.50. The first-order valence-electron chi connectivity index (χ1n) is 5.67. The van der Waals surface area contributed by atoms with Crippen LogP contribution in [0, 0.1) is 5.82 Å². The van der Waals surface area contributed by atoms with E-state index in [1.54, 1.807) is 0 Å². The summed E-state index contributed by atoms with van der Waals surface area (Å²) in [5, 5.41) is 8.83. The Bertz CT molecular complexity index is 481. The summed E-state index contributed by atoms with van der Waals surface area (Å²) in [6.07, 6.45) is 0. The minimum absolute atomic E-state index is 0.265. The number of aromatic carboxylic acids is 1. The van der Waals surface area contributed by atoms with Crippen molar-refractivity contribution in [3.8, 4) is 0 Å². The SMILES string of the molecule is CC1CSCCN1c1cc(F)c(C(=O)O)cc1N. The number of benzene rings is 1. The van der Waals surface area contributed by atoms with Gasteiger partial charge in [-0.1, -0.05) is 0 Å². The van der Waals surface area contributed by atoms with E-state index in [9.17, 15) is 9.18 Å². The van der Waals surface area contributed by atoms with Gasteiger partial charge in [-0.3, -0.25) is 0 Å². The fraction of sp³-hybridized carbons (Fsp3) is 0.417. The van der Waals surface area contributed by atoms with Gasteiger partial charge in [-0.25, -0.2) is 9.18 Å². The molecule has 2 rings (SSSR count). The molecule has 0 radical (unpaired) electrons.